The highest BCUT2D eigenvalue weighted by molar-refractivity contribution is 5.81. The number of allylic oxidation sites excluding steroid dienone is 2. The van der Waals surface area contributed by atoms with Gasteiger partial charge in [-0.25, -0.2) is 0 Å². The van der Waals surface area contributed by atoms with Crippen molar-refractivity contribution < 1.29 is 9.90 Å². The number of carbonyl (C=O) groups excluding carboxylic acids is 1. The molecule has 22 heavy (non-hydrogen) atoms. The number of aliphatic hydroxyl groups is 1. The van der Waals surface area contributed by atoms with Gasteiger partial charge in [-0.15, -0.1) is 0 Å². The van der Waals surface area contributed by atoms with Crippen LogP contribution in [0.2, 0.25) is 0 Å². The molecule has 126 valence electrons. The average Bonchev–Trinajstić information content (AvgIpc) is 2.71. The van der Waals surface area contributed by atoms with E-state index in [9.17, 15) is 9.90 Å². The van der Waals surface area contributed by atoms with Crippen LogP contribution in [0, 0.1) is 23.2 Å². The Balaban J connectivity index is 2.30. The van der Waals surface area contributed by atoms with Crippen molar-refractivity contribution in [1.29, 1.82) is 0 Å². The third kappa shape index (κ3) is 3.82. The summed E-state index contributed by atoms with van der Waals surface area (Å²) in [6, 6.07) is 0. The van der Waals surface area contributed by atoms with Gasteiger partial charge in [-0.1, -0.05) is 25.5 Å². The molecule has 2 heteroatoms. The fourth-order valence-electron chi connectivity index (χ4n) is 4.77. The number of hydrogen-bond acceptors (Lipinski definition) is 2. The van der Waals surface area contributed by atoms with E-state index < -0.39 is 5.60 Å². The molecule has 0 saturated heterocycles. The van der Waals surface area contributed by atoms with E-state index in [4.69, 9.17) is 0 Å². The van der Waals surface area contributed by atoms with Gasteiger partial charge < -0.3 is 5.11 Å². The second kappa shape index (κ2) is 6.47. The Morgan fingerprint density at radius 2 is 1.95 bits per heavy atom. The lowest BCUT2D eigenvalue weighted by molar-refractivity contribution is -0.125. The third-order valence-electron chi connectivity index (χ3n) is 6.38. The second-order valence-electron chi connectivity index (χ2n) is 8.77. The quantitative estimate of drug-likeness (QED) is 0.699. The molecule has 0 amide bonds. The molecule has 2 aliphatic rings. The number of ketones is 1. The van der Waals surface area contributed by atoms with E-state index in [-0.39, 0.29) is 11.3 Å². The van der Waals surface area contributed by atoms with Crippen molar-refractivity contribution >= 4 is 5.78 Å². The minimum Gasteiger partial charge on any atom is -0.390 e. The van der Waals surface area contributed by atoms with Crippen LogP contribution in [0.5, 0.6) is 0 Å². The minimum atomic E-state index is -0.644. The van der Waals surface area contributed by atoms with Crippen LogP contribution < -0.4 is 0 Å². The normalized spacial score (nSPS) is 40.5. The van der Waals surface area contributed by atoms with Crippen molar-refractivity contribution in [1.82, 2.24) is 0 Å². The molecule has 0 unspecified atom stereocenters. The van der Waals surface area contributed by atoms with E-state index in [0.29, 0.717) is 24.0 Å². The molecule has 2 nitrogen and oxygen atoms in total. The summed E-state index contributed by atoms with van der Waals surface area (Å²) in [5, 5.41) is 10.6. The number of hydrogen-bond donors (Lipinski definition) is 1. The number of carbonyl (C=O) groups is 1. The van der Waals surface area contributed by atoms with Gasteiger partial charge in [0.1, 0.15) is 5.78 Å². The van der Waals surface area contributed by atoms with Gasteiger partial charge in [-0.2, -0.15) is 0 Å². The predicted octanol–water partition coefficient (Wildman–Crippen LogP) is 4.91. The summed E-state index contributed by atoms with van der Waals surface area (Å²) in [5.74, 6) is 1.36. The highest BCUT2D eigenvalue weighted by Crippen LogP contribution is 2.55. The molecule has 1 fully saturated rings. The van der Waals surface area contributed by atoms with Crippen LogP contribution in [0.3, 0.4) is 0 Å². The second-order valence-corrected chi connectivity index (χ2v) is 8.77. The molecule has 0 bridgehead atoms. The topological polar surface area (TPSA) is 37.3 Å². The van der Waals surface area contributed by atoms with Crippen LogP contribution in [0.1, 0.15) is 79.6 Å². The zero-order valence-corrected chi connectivity index (χ0v) is 15.1. The molecule has 0 aromatic rings. The first-order valence-corrected chi connectivity index (χ1v) is 9.04. The van der Waals surface area contributed by atoms with E-state index in [1.54, 1.807) is 0 Å². The zero-order valence-electron chi connectivity index (χ0n) is 15.1. The van der Waals surface area contributed by atoms with Crippen LogP contribution in [-0.4, -0.2) is 16.5 Å². The fraction of sp³-hybridized carbons (Fsp3) is 0.850. The number of fused-ring (bicyclic) bond motifs is 1. The molecule has 1 N–H and O–H groups in total. The lowest BCUT2D eigenvalue weighted by Gasteiger charge is -2.38. The summed E-state index contributed by atoms with van der Waals surface area (Å²) in [4.78, 5) is 12.6. The van der Waals surface area contributed by atoms with Gasteiger partial charge >= 0.3 is 0 Å². The number of rotatable bonds is 1. The summed E-state index contributed by atoms with van der Waals surface area (Å²) < 4.78 is 0. The van der Waals surface area contributed by atoms with Crippen LogP contribution >= 0.6 is 0 Å². The van der Waals surface area contributed by atoms with Gasteiger partial charge in [0.15, 0.2) is 0 Å². The molecule has 2 rings (SSSR count). The van der Waals surface area contributed by atoms with Crippen molar-refractivity contribution in [2.45, 2.75) is 85.2 Å². The van der Waals surface area contributed by atoms with E-state index >= 15 is 0 Å². The van der Waals surface area contributed by atoms with Gasteiger partial charge in [-0.05, 0) is 76.5 Å². The maximum absolute atomic E-state index is 12.6. The molecular formula is C20H34O2. The van der Waals surface area contributed by atoms with Crippen LogP contribution in [0.4, 0.5) is 0 Å². The summed E-state index contributed by atoms with van der Waals surface area (Å²) in [7, 11) is 0. The van der Waals surface area contributed by atoms with Gasteiger partial charge in [-0.3, -0.25) is 4.79 Å². The lowest BCUT2D eigenvalue weighted by atomic mass is 9.67. The number of Topliss-reactive ketones (excluding diaryl/α,β-unsaturated/α-hetero) is 1. The van der Waals surface area contributed by atoms with Crippen molar-refractivity contribution in [3.8, 4) is 0 Å². The van der Waals surface area contributed by atoms with Gasteiger partial charge in [0.25, 0.3) is 0 Å². The van der Waals surface area contributed by atoms with E-state index in [2.05, 4.69) is 26.8 Å². The fourth-order valence-corrected chi connectivity index (χ4v) is 4.77. The molecule has 0 heterocycles. The maximum Gasteiger partial charge on any atom is 0.136 e. The Hall–Kier alpha value is -0.630. The molecule has 0 spiro atoms. The smallest absolute Gasteiger partial charge is 0.136 e. The maximum atomic E-state index is 12.6. The molecule has 0 aromatic heterocycles. The van der Waals surface area contributed by atoms with Crippen molar-refractivity contribution in [2.24, 2.45) is 23.2 Å². The summed E-state index contributed by atoms with van der Waals surface area (Å²) in [6.45, 7) is 10.5. The Kier molecular flexibility index (Phi) is 5.21. The standard InChI is InChI=1S/C20H34O2/c1-14-7-6-8-15(2)18(21)13-20(5)12-11-16(19(3,4)22)17(20)10-9-14/h7,15-17,22H,6,8-13H2,1-5H3/b14-7+/t15-,16-,17+,20-/m1/s1. The van der Waals surface area contributed by atoms with E-state index in [1.165, 1.54) is 5.57 Å². The van der Waals surface area contributed by atoms with Crippen molar-refractivity contribution in [3.05, 3.63) is 11.6 Å². The first-order chi connectivity index (χ1) is 10.1. The molecule has 0 aromatic carbocycles. The Labute approximate surface area is 136 Å². The molecule has 0 radical (unpaired) electrons. The molecular weight excluding hydrogens is 272 g/mol. The van der Waals surface area contributed by atoms with Gasteiger partial charge in [0.05, 0.1) is 5.60 Å². The van der Waals surface area contributed by atoms with E-state index in [0.717, 1.165) is 38.5 Å². The monoisotopic (exact) mass is 306 g/mol. The Morgan fingerprint density at radius 1 is 1.27 bits per heavy atom. The zero-order chi connectivity index (χ0) is 16.5. The first-order valence-electron chi connectivity index (χ1n) is 9.04. The van der Waals surface area contributed by atoms with Crippen LogP contribution in [0.15, 0.2) is 11.6 Å². The van der Waals surface area contributed by atoms with E-state index in [1.807, 2.05) is 13.8 Å². The highest BCUT2D eigenvalue weighted by atomic mass is 16.3. The summed E-state index contributed by atoms with van der Waals surface area (Å²) in [6.07, 6.45) is 9.36. The van der Waals surface area contributed by atoms with Crippen molar-refractivity contribution in [2.75, 3.05) is 0 Å². The summed E-state index contributed by atoms with van der Waals surface area (Å²) in [5.41, 5.74) is 0.875. The minimum absolute atomic E-state index is 0.0701. The molecule has 1 saturated carbocycles. The first kappa shape index (κ1) is 17.7. The van der Waals surface area contributed by atoms with Crippen LogP contribution in [0.25, 0.3) is 0 Å². The SMILES string of the molecule is C/C1=C\CC[C@@H](C)C(=O)C[C@@]2(C)CC[C@@H](C(C)(C)O)[C@@H]2CC1. The van der Waals surface area contributed by atoms with Gasteiger partial charge in [0, 0.05) is 12.3 Å². The van der Waals surface area contributed by atoms with Crippen LogP contribution in [-0.2, 0) is 4.79 Å². The van der Waals surface area contributed by atoms with Crippen molar-refractivity contribution in [3.63, 3.8) is 0 Å². The summed E-state index contributed by atoms with van der Waals surface area (Å²) >= 11 is 0. The largest absolute Gasteiger partial charge is 0.390 e. The van der Waals surface area contributed by atoms with Gasteiger partial charge in [0.2, 0.25) is 0 Å². The third-order valence-corrected chi connectivity index (χ3v) is 6.38. The molecule has 0 aliphatic heterocycles. The molecule has 2 aliphatic carbocycles. The highest BCUT2D eigenvalue weighted by Gasteiger charge is 2.50. The lowest BCUT2D eigenvalue weighted by Crippen LogP contribution is -2.38. The Morgan fingerprint density at radius 3 is 2.59 bits per heavy atom. The average molecular weight is 306 g/mol. The Bertz CT molecular complexity index is 443. The predicted molar refractivity (Wildman–Crippen MR) is 91.6 cm³/mol. The molecule has 4 atom stereocenters.